The number of hydrogen-bond donors (Lipinski definition) is 3. The first kappa shape index (κ1) is 18.5. The molecule has 1 amide bonds. The van der Waals surface area contributed by atoms with E-state index in [4.69, 9.17) is 4.52 Å². The quantitative estimate of drug-likeness (QED) is 0.765. The Bertz CT molecular complexity index is 725. The van der Waals surface area contributed by atoms with Gasteiger partial charge in [0.2, 0.25) is 0 Å². The lowest BCUT2D eigenvalue weighted by Crippen LogP contribution is -2.34. The topological polar surface area (TPSA) is 92.3 Å². The Balaban J connectivity index is 0.00000208. The Morgan fingerprint density at radius 1 is 1.42 bits per heavy atom. The highest BCUT2D eigenvalue weighted by Gasteiger charge is 2.26. The second kappa shape index (κ2) is 7.38. The number of aryl methyl sites for hydroxylation is 2. The minimum Gasteiger partial charge on any atom is -0.391 e. The fourth-order valence-corrected chi connectivity index (χ4v) is 3.05. The largest absolute Gasteiger partial charge is 0.391 e. The van der Waals surface area contributed by atoms with Gasteiger partial charge in [0.05, 0.1) is 11.7 Å². The molecule has 24 heavy (non-hydrogen) atoms. The SMILES string of the molecule is Cc1cc(-n2c(C)cc(C(=O)NCC3CNCC3O)c2C)no1.Cl. The predicted octanol–water partition coefficient (Wildman–Crippen LogP) is 1.12. The monoisotopic (exact) mass is 354 g/mol. The van der Waals surface area contributed by atoms with Crippen LogP contribution >= 0.6 is 12.4 Å². The molecule has 1 fully saturated rings. The van der Waals surface area contributed by atoms with Gasteiger partial charge in [-0.05, 0) is 26.8 Å². The van der Waals surface area contributed by atoms with E-state index in [1.54, 1.807) is 0 Å². The molecular formula is C16H23ClN4O3. The molecule has 0 aliphatic carbocycles. The number of carbonyl (C=O) groups excluding carboxylic acids is 1. The Morgan fingerprint density at radius 3 is 2.75 bits per heavy atom. The summed E-state index contributed by atoms with van der Waals surface area (Å²) >= 11 is 0. The summed E-state index contributed by atoms with van der Waals surface area (Å²) < 4.78 is 7.02. The van der Waals surface area contributed by atoms with E-state index in [2.05, 4.69) is 15.8 Å². The van der Waals surface area contributed by atoms with Gasteiger partial charge >= 0.3 is 0 Å². The van der Waals surface area contributed by atoms with Crippen molar-refractivity contribution in [2.45, 2.75) is 26.9 Å². The van der Waals surface area contributed by atoms with Crippen molar-refractivity contribution in [3.63, 3.8) is 0 Å². The molecule has 8 heteroatoms. The maximum Gasteiger partial charge on any atom is 0.253 e. The summed E-state index contributed by atoms with van der Waals surface area (Å²) in [6.07, 6.45) is -0.402. The molecular weight excluding hydrogens is 332 g/mol. The molecule has 132 valence electrons. The van der Waals surface area contributed by atoms with Crippen LogP contribution in [-0.2, 0) is 0 Å². The highest BCUT2D eigenvalue weighted by atomic mass is 35.5. The molecule has 0 saturated carbocycles. The number of nitrogens with zero attached hydrogens (tertiary/aromatic N) is 2. The first-order valence-electron chi connectivity index (χ1n) is 7.77. The third-order valence-corrected chi connectivity index (χ3v) is 4.35. The fraction of sp³-hybridized carbons (Fsp3) is 0.500. The van der Waals surface area contributed by atoms with Crippen LogP contribution in [0.15, 0.2) is 16.7 Å². The first-order chi connectivity index (χ1) is 11.0. The van der Waals surface area contributed by atoms with E-state index in [1.165, 1.54) is 0 Å². The van der Waals surface area contributed by atoms with Gasteiger partial charge in [-0.1, -0.05) is 5.16 Å². The maximum atomic E-state index is 12.5. The summed E-state index contributed by atoms with van der Waals surface area (Å²) in [5.74, 6) is 1.32. The van der Waals surface area contributed by atoms with Gasteiger partial charge in [-0.15, -0.1) is 12.4 Å². The van der Waals surface area contributed by atoms with Crippen LogP contribution in [0.1, 0.15) is 27.5 Å². The Kier molecular flexibility index (Phi) is 5.69. The summed E-state index contributed by atoms with van der Waals surface area (Å²) in [4.78, 5) is 12.5. The summed E-state index contributed by atoms with van der Waals surface area (Å²) in [6.45, 7) is 7.41. The number of aromatic nitrogens is 2. The molecule has 1 aliphatic rings. The lowest BCUT2D eigenvalue weighted by molar-refractivity contribution is 0.0926. The van der Waals surface area contributed by atoms with Crippen LogP contribution in [0.4, 0.5) is 0 Å². The van der Waals surface area contributed by atoms with Gasteiger partial charge < -0.3 is 20.3 Å². The summed E-state index contributed by atoms with van der Waals surface area (Å²) in [5, 5.41) is 19.8. The lowest BCUT2D eigenvalue weighted by atomic mass is 10.1. The molecule has 1 aliphatic heterocycles. The summed E-state index contributed by atoms with van der Waals surface area (Å²) in [6, 6.07) is 3.68. The van der Waals surface area contributed by atoms with Gasteiger partial charge in [0.15, 0.2) is 5.82 Å². The zero-order chi connectivity index (χ0) is 16.6. The summed E-state index contributed by atoms with van der Waals surface area (Å²) in [5.41, 5.74) is 2.35. The molecule has 3 heterocycles. The van der Waals surface area contributed by atoms with E-state index < -0.39 is 6.10 Å². The Morgan fingerprint density at radius 2 is 2.17 bits per heavy atom. The average molecular weight is 355 g/mol. The second-order valence-electron chi connectivity index (χ2n) is 6.11. The number of rotatable bonds is 4. The third kappa shape index (κ3) is 3.48. The van der Waals surface area contributed by atoms with Crippen molar-refractivity contribution >= 4 is 18.3 Å². The molecule has 2 unspecified atom stereocenters. The highest BCUT2D eigenvalue weighted by Crippen LogP contribution is 2.20. The Labute approximate surface area is 146 Å². The van der Waals surface area contributed by atoms with Crippen molar-refractivity contribution in [1.29, 1.82) is 0 Å². The summed E-state index contributed by atoms with van der Waals surface area (Å²) in [7, 11) is 0. The molecule has 0 aromatic carbocycles. The molecule has 2 aromatic heterocycles. The molecule has 3 N–H and O–H groups in total. The van der Waals surface area contributed by atoms with Crippen molar-refractivity contribution in [2.75, 3.05) is 19.6 Å². The molecule has 2 aromatic rings. The number of aliphatic hydroxyl groups excluding tert-OH is 1. The zero-order valence-electron chi connectivity index (χ0n) is 14.0. The van der Waals surface area contributed by atoms with Gasteiger partial charge in [-0.25, -0.2) is 0 Å². The van der Waals surface area contributed by atoms with Gasteiger partial charge in [0, 0.05) is 43.0 Å². The van der Waals surface area contributed by atoms with E-state index in [0.29, 0.717) is 24.5 Å². The van der Waals surface area contributed by atoms with Crippen LogP contribution < -0.4 is 10.6 Å². The molecule has 1 saturated heterocycles. The van der Waals surface area contributed by atoms with Gasteiger partial charge in [0.25, 0.3) is 5.91 Å². The number of β-amino-alcohol motifs (C(OH)–C–C–N with tert-alkyl or cyclic N) is 1. The minimum absolute atomic E-state index is 0. The van der Waals surface area contributed by atoms with Crippen molar-refractivity contribution in [3.05, 3.63) is 34.8 Å². The van der Waals surface area contributed by atoms with Gasteiger partial charge in [-0.3, -0.25) is 9.36 Å². The number of carbonyl (C=O) groups is 1. The normalized spacial score (nSPS) is 20.0. The Hall–Kier alpha value is -1.83. The number of nitrogens with one attached hydrogen (secondary N) is 2. The molecule has 0 radical (unpaired) electrons. The van der Waals surface area contributed by atoms with E-state index in [0.717, 1.165) is 23.7 Å². The van der Waals surface area contributed by atoms with E-state index in [-0.39, 0.29) is 24.2 Å². The van der Waals surface area contributed by atoms with Crippen LogP contribution in [0, 0.1) is 26.7 Å². The van der Waals surface area contributed by atoms with Crippen LogP contribution in [0.2, 0.25) is 0 Å². The van der Waals surface area contributed by atoms with Crippen molar-refractivity contribution in [1.82, 2.24) is 20.4 Å². The van der Waals surface area contributed by atoms with Gasteiger partial charge in [-0.2, -0.15) is 0 Å². The van der Waals surface area contributed by atoms with E-state index in [9.17, 15) is 9.90 Å². The maximum absolute atomic E-state index is 12.5. The number of halogens is 1. The van der Waals surface area contributed by atoms with E-state index in [1.807, 2.05) is 37.5 Å². The second-order valence-corrected chi connectivity index (χ2v) is 6.11. The van der Waals surface area contributed by atoms with E-state index >= 15 is 0 Å². The number of aliphatic hydroxyl groups is 1. The predicted molar refractivity (Wildman–Crippen MR) is 92.0 cm³/mol. The third-order valence-electron chi connectivity index (χ3n) is 4.35. The smallest absolute Gasteiger partial charge is 0.253 e. The average Bonchev–Trinajstić information content (AvgIpc) is 3.17. The molecule has 0 bridgehead atoms. The molecule has 0 spiro atoms. The molecule has 2 atom stereocenters. The molecule has 7 nitrogen and oxygen atoms in total. The first-order valence-corrected chi connectivity index (χ1v) is 7.77. The van der Waals surface area contributed by atoms with Gasteiger partial charge in [0.1, 0.15) is 5.76 Å². The van der Waals surface area contributed by atoms with Crippen LogP contribution in [-0.4, -0.2) is 46.5 Å². The van der Waals surface area contributed by atoms with Crippen LogP contribution in [0.25, 0.3) is 5.82 Å². The fourth-order valence-electron chi connectivity index (χ4n) is 3.05. The highest BCUT2D eigenvalue weighted by molar-refractivity contribution is 5.95. The standard InChI is InChI=1S/C16H22N4O3.ClH/c1-9-4-13(11(3)20(9)15-5-10(2)23-19-15)16(22)18-7-12-6-17-8-14(12)21;/h4-5,12,14,17,21H,6-8H2,1-3H3,(H,18,22);1H. The van der Waals surface area contributed by atoms with Crippen molar-refractivity contribution < 1.29 is 14.4 Å². The minimum atomic E-state index is -0.402. The van der Waals surface area contributed by atoms with Crippen molar-refractivity contribution in [3.8, 4) is 5.82 Å². The number of hydrogen-bond acceptors (Lipinski definition) is 5. The van der Waals surface area contributed by atoms with Crippen molar-refractivity contribution in [2.24, 2.45) is 5.92 Å². The zero-order valence-corrected chi connectivity index (χ0v) is 14.8. The van der Waals surface area contributed by atoms with Crippen LogP contribution in [0.5, 0.6) is 0 Å². The lowest BCUT2D eigenvalue weighted by Gasteiger charge is -2.14. The molecule has 3 rings (SSSR count). The number of amides is 1. The van der Waals surface area contributed by atoms with Crippen LogP contribution in [0.3, 0.4) is 0 Å².